The van der Waals surface area contributed by atoms with Gasteiger partial charge in [0.1, 0.15) is 6.04 Å². The zero-order chi connectivity index (χ0) is 18.2. The van der Waals surface area contributed by atoms with Crippen molar-refractivity contribution in [1.82, 2.24) is 15.1 Å². The van der Waals surface area contributed by atoms with Crippen LogP contribution in [0, 0.1) is 0 Å². The van der Waals surface area contributed by atoms with Gasteiger partial charge in [-0.1, -0.05) is 13.0 Å². The van der Waals surface area contributed by atoms with Crippen molar-refractivity contribution in [2.75, 3.05) is 13.2 Å². The number of aromatic nitrogens is 2. The molecule has 0 saturated heterocycles. The van der Waals surface area contributed by atoms with Crippen LogP contribution in [0.1, 0.15) is 38.8 Å². The van der Waals surface area contributed by atoms with E-state index in [-0.39, 0.29) is 11.9 Å². The van der Waals surface area contributed by atoms with Crippen molar-refractivity contribution in [2.45, 2.75) is 39.8 Å². The standard InChI is InChI=1S/C18H24BrN3O3/c1-4-15(22-12-14(19)11-21-22)18(23)20-10-13-7-8-16(24-5-2)17(9-13)25-6-3/h7-9,11-12,15H,4-6,10H2,1-3H3,(H,20,23). The molecule has 0 saturated carbocycles. The highest BCUT2D eigenvalue weighted by atomic mass is 79.9. The molecule has 0 aliphatic rings. The molecule has 2 aromatic rings. The highest BCUT2D eigenvalue weighted by Crippen LogP contribution is 2.28. The molecule has 25 heavy (non-hydrogen) atoms. The van der Waals surface area contributed by atoms with Crippen LogP contribution in [-0.2, 0) is 11.3 Å². The Labute approximate surface area is 156 Å². The molecule has 0 bridgehead atoms. The van der Waals surface area contributed by atoms with Gasteiger partial charge in [0, 0.05) is 12.7 Å². The fraction of sp³-hybridized carbons (Fsp3) is 0.444. The molecular weight excluding hydrogens is 386 g/mol. The third kappa shape index (κ3) is 5.22. The van der Waals surface area contributed by atoms with Gasteiger partial charge in [-0.05, 0) is 53.9 Å². The molecule has 0 aliphatic heterocycles. The van der Waals surface area contributed by atoms with E-state index in [1.165, 1.54) is 0 Å². The lowest BCUT2D eigenvalue weighted by Gasteiger charge is -2.16. The van der Waals surface area contributed by atoms with Crippen molar-refractivity contribution in [3.8, 4) is 11.5 Å². The van der Waals surface area contributed by atoms with Crippen molar-refractivity contribution >= 4 is 21.8 Å². The Morgan fingerprint density at radius 1 is 1.24 bits per heavy atom. The molecular formula is C18H24BrN3O3. The Morgan fingerprint density at radius 2 is 1.96 bits per heavy atom. The minimum atomic E-state index is -0.333. The molecule has 136 valence electrons. The van der Waals surface area contributed by atoms with Crippen molar-refractivity contribution in [2.24, 2.45) is 0 Å². The maximum absolute atomic E-state index is 12.5. The normalized spacial score (nSPS) is 11.8. The van der Waals surface area contributed by atoms with Crippen LogP contribution >= 0.6 is 15.9 Å². The van der Waals surface area contributed by atoms with Gasteiger partial charge in [0.15, 0.2) is 11.5 Å². The second kappa shape index (κ2) is 9.46. The minimum Gasteiger partial charge on any atom is -0.490 e. The minimum absolute atomic E-state index is 0.0649. The van der Waals surface area contributed by atoms with E-state index in [0.29, 0.717) is 37.7 Å². The molecule has 6 nitrogen and oxygen atoms in total. The second-order valence-electron chi connectivity index (χ2n) is 5.43. The zero-order valence-corrected chi connectivity index (χ0v) is 16.4. The Morgan fingerprint density at radius 3 is 2.56 bits per heavy atom. The molecule has 1 heterocycles. The molecule has 0 spiro atoms. The summed E-state index contributed by atoms with van der Waals surface area (Å²) in [6.07, 6.45) is 4.14. The van der Waals surface area contributed by atoms with Gasteiger partial charge in [-0.3, -0.25) is 9.48 Å². The van der Waals surface area contributed by atoms with Gasteiger partial charge in [0.05, 0.1) is 23.9 Å². The number of hydrogen-bond acceptors (Lipinski definition) is 4. The molecule has 1 unspecified atom stereocenters. The van der Waals surface area contributed by atoms with Gasteiger partial charge >= 0.3 is 0 Å². The van der Waals surface area contributed by atoms with Crippen LogP contribution in [0.25, 0.3) is 0 Å². The van der Waals surface area contributed by atoms with E-state index in [0.717, 1.165) is 10.0 Å². The average molecular weight is 410 g/mol. The lowest BCUT2D eigenvalue weighted by molar-refractivity contribution is -0.124. The van der Waals surface area contributed by atoms with Crippen molar-refractivity contribution < 1.29 is 14.3 Å². The average Bonchev–Trinajstić information content (AvgIpc) is 3.02. The molecule has 1 amide bonds. The van der Waals surface area contributed by atoms with E-state index < -0.39 is 0 Å². The first-order chi connectivity index (χ1) is 12.1. The molecule has 7 heteroatoms. The maximum Gasteiger partial charge on any atom is 0.245 e. The molecule has 1 aromatic carbocycles. The van der Waals surface area contributed by atoms with E-state index >= 15 is 0 Å². The number of carbonyl (C=O) groups excluding carboxylic acids is 1. The van der Waals surface area contributed by atoms with Crippen LogP contribution in [0.4, 0.5) is 0 Å². The van der Waals surface area contributed by atoms with Gasteiger partial charge in [-0.25, -0.2) is 0 Å². The van der Waals surface area contributed by atoms with Gasteiger partial charge in [-0.2, -0.15) is 5.10 Å². The van der Waals surface area contributed by atoms with E-state index in [2.05, 4.69) is 26.3 Å². The van der Waals surface area contributed by atoms with Gasteiger partial charge < -0.3 is 14.8 Å². The Kier molecular flexibility index (Phi) is 7.31. The largest absolute Gasteiger partial charge is 0.490 e. The first-order valence-corrected chi connectivity index (χ1v) is 9.24. The first kappa shape index (κ1) is 19.3. The van der Waals surface area contributed by atoms with Crippen LogP contribution in [0.5, 0.6) is 11.5 Å². The van der Waals surface area contributed by atoms with E-state index in [1.54, 1.807) is 17.1 Å². The molecule has 2 rings (SSSR count). The number of benzene rings is 1. The first-order valence-electron chi connectivity index (χ1n) is 8.44. The third-order valence-electron chi connectivity index (χ3n) is 3.65. The number of hydrogen-bond donors (Lipinski definition) is 1. The van der Waals surface area contributed by atoms with Crippen LogP contribution in [0.15, 0.2) is 35.1 Å². The van der Waals surface area contributed by atoms with Crippen molar-refractivity contribution in [1.29, 1.82) is 0 Å². The lowest BCUT2D eigenvalue weighted by Crippen LogP contribution is -2.32. The predicted octanol–water partition coefficient (Wildman–Crippen LogP) is 3.71. The monoisotopic (exact) mass is 409 g/mol. The fourth-order valence-corrected chi connectivity index (χ4v) is 2.79. The smallest absolute Gasteiger partial charge is 0.245 e. The van der Waals surface area contributed by atoms with E-state index in [9.17, 15) is 4.79 Å². The summed E-state index contributed by atoms with van der Waals surface area (Å²) in [6.45, 7) is 7.38. The summed E-state index contributed by atoms with van der Waals surface area (Å²) in [5.74, 6) is 1.34. The lowest BCUT2D eigenvalue weighted by atomic mass is 10.1. The SMILES string of the molecule is CCOc1ccc(CNC(=O)C(CC)n2cc(Br)cn2)cc1OCC. The zero-order valence-electron chi connectivity index (χ0n) is 14.8. The van der Waals surface area contributed by atoms with Gasteiger partial charge in [0.25, 0.3) is 0 Å². The molecule has 0 aliphatic carbocycles. The summed E-state index contributed by atoms with van der Waals surface area (Å²) in [6, 6.07) is 5.37. The van der Waals surface area contributed by atoms with E-state index in [4.69, 9.17) is 9.47 Å². The summed E-state index contributed by atoms with van der Waals surface area (Å²) >= 11 is 3.36. The number of nitrogens with zero attached hydrogens (tertiary/aromatic N) is 2. The van der Waals surface area contributed by atoms with E-state index in [1.807, 2.05) is 39.0 Å². The van der Waals surface area contributed by atoms with Crippen LogP contribution < -0.4 is 14.8 Å². The Balaban J connectivity index is 2.04. The van der Waals surface area contributed by atoms with Crippen LogP contribution in [0.2, 0.25) is 0 Å². The number of amides is 1. The number of nitrogens with one attached hydrogen (secondary N) is 1. The molecule has 1 aromatic heterocycles. The van der Waals surface area contributed by atoms with Crippen LogP contribution in [-0.4, -0.2) is 28.9 Å². The molecule has 0 fully saturated rings. The molecule has 0 radical (unpaired) electrons. The predicted molar refractivity (Wildman–Crippen MR) is 99.9 cm³/mol. The maximum atomic E-state index is 12.5. The van der Waals surface area contributed by atoms with Crippen molar-refractivity contribution in [3.63, 3.8) is 0 Å². The topological polar surface area (TPSA) is 65.4 Å². The quantitative estimate of drug-likeness (QED) is 0.685. The van der Waals surface area contributed by atoms with Crippen molar-refractivity contribution in [3.05, 3.63) is 40.6 Å². The highest BCUT2D eigenvalue weighted by molar-refractivity contribution is 9.10. The fourth-order valence-electron chi connectivity index (χ4n) is 2.49. The second-order valence-corrected chi connectivity index (χ2v) is 6.34. The highest BCUT2D eigenvalue weighted by Gasteiger charge is 2.19. The number of halogens is 1. The Bertz CT molecular complexity index is 703. The van der Waals surface area contributed by atoms with Gasteiger partial charge in [-0.15, -0.1) is 0 Å². The summed E-state index contributed by atoms with van der Waals surface area (Å²) in [7, 11) is 0. The Hall–Kier alpha value is -2.02. The third-order valence-corrected chi connectivity index (χ3v) is 4.06. The molecule has 1 atom stereocenters. The summed E-state index contributed by atoms with van der Waals surface area (Å²) in [4.78, 5) is 12.5. The molecule has 1 N–H and O–H groups in total. The summed E-state index contributed by atoms with van der Waals surface area (Å²) in [5.41, 5.74) is 0.955. The number of rotatable bonds is 9. The number of ether oxygens (including phenoxy) is 2. The summed E-state index contributed by atoms with van der Waals surface area (Å²) in [5, 5.41) is 7.17. The van der Waals surface area contributed by atoms with Gasteiger partial charge in [0.2, 0.25) is 5.91 Å². The number of carbonyl (C=O) groups is 1. The van der Waals surface area contributed by atoms with Crippen LogP contribution in [0.3, 0.4) is 0 Å². The summed E-state index contributed by atoms with van der Waals surface area (Å²) < 4.78 is 13.7.